The first-order valence-corrected chi connectivity index (χ1v) is 6.95. The largest absolute Gasteiger partial charge is 0.363 e. The third-order valence-corrected chi connectivity index (χ3v) is 3.40. The van der Waals surface area contributed by atoms with Gasteiger partial charge in [-0.05, 0) is 30.7 Å². The molecule has 0 aliphatic carbocycles. The molecule has 0 aliphatic rings. The maximum Gasteiger partial charge on any atom is 0.226 e. The summed E-state index contributed by atoms with van der Waals surface area (Å²) in [6.07, 6.45) is 1.72. The molecule has 0 fully saturated rings. The summed E-state index contributed by atoms with van der Waals surface area (Å²) in [5.74, 6) is 1.41. The molecule has 1 unspecified atom stereocenters. The highest BCUT2D eigenvalue weighted by Crippen LogP contribution is 2.28. The van der Waals surface area contributed by atoms with Crippen molar-refractivity contribution < 1.29 is 0 Å². The van der Waals surface area contributed by atoms with Crippen LogP contribution in [0.25, 0.3) is 0 Å². The zero-order valence-electron chi connectivity index (χ0n) is 11.6. The maximum absolute atomic E-state index is 6.21. The van der Waals surface area contributed by atoms with Gasteiger partial charge in [-0.1, -0.05) is 29.3 Å². The Morgan fingerprint density at radius 1 is 1.20 bits per heavy atom. The minimum Gasteiger partial charge on any atom is -0.363 e. The van der Waals surface area contributed by atoms with E-state index in [9.17, 15) is 0 Å². The SMILES string of the molecule is CC(Nc1ccnc(N(C)C)n1)c1ccc(Cl)cc1Cl. The van der Waals surface area contributed by atoms with E-state index in [1.165, 1.54) is 0 Å². The molecule has 1 atom stereocenters. The molecule has 0 spiro atoms. The smallest absolute Gasteiger partial charge is 0.226 e. The fraction of sp³-hybridized carbons (Fsp3) is 0.286. The Morgan fingerprint density at radius 3 is 2.60 bits per heavy atom. The summed E-state index contributed by atoms with van der Waals surface area (Å²) in [7, 11) is 3.80. The second-order valence-corrected chi connectivity index (χ2v) is 5.51. The molecule has 1 aromatic carbocycles. The summed E-state index contributed by atoms with van der Waals surface area (Å²) in [6, 6.07) is 7.32. The van der Waals surface area contributed by atoms with Crippen molar-refractivity contribution in [1.82, 2.24) is 9.97 Å². The van der Waals surface area contributed by atoms with Crippen molar-refractivity contribution in [2.24, 2.45) is 0 Å². The van der Waals surface area contributed by atoms with Crippen molar-refractivity contribution in [2.75, 3.05) is 24.3 Å². The van der Waals surface area contributed by atoms with E-state index < -0.39 is 0 Å². The average molecular weight is 311 g/mol. The van der Waals surface area contributed by atoms with E-state index in [0.29, 0.717) is 16.0 Å². The van der Waals surface area contributed by atoms with E-state index in [1.54, 1.807) is 12.3 Å². The van der Waals surface area contributed by atoms with Crippen molar-refractivity contribution in [3.8, 4) is 0 Å². The van der Waals surface area contributed by atoms with Crippen LogP contribution in [0.4, 0.5) is 11.8 Å². The molecule has 0 amide bonds. The summed E-state index contributed by atoms with van der Waals surface area (Å²) in [4.78, 5) is 10.5. The van der Waals surface area contributed by atoms with E-state index in [1.807, 2.05) is 44.1 Å². The van der Waals surface area contributed by atoms with Crippen molar-refractivity contribution in [1.29, 1.82) is 0 Å². The first-order valence-electron chi connectivity index (χ1n) is 6.19. The molecule has 0 saturated heterocycles. The zero-order valence-corrected chi connectivity index (χ0v) is 13.1. The standard InChI is InChI=1S/C14H16Cl2N4/c1-9(11-5-4-10(15)8-12(11)16)18-13-6-7-17-14(19-13)20(2)3/h4-9H,1-3H3,(H,17,18,19). The van der Waals surface area contributed by atoms with Crippen LogP contribution in [0.2, 0.25) is 10.0 Å². The number of aromatic nitrogens is 2. The van der Waals surface area contributed by atoms with Gasteiger partial charge in [0.05, 0.1) is 6.04 Å². The predicted molar refractivity (Wildman–Crippen MR) is 84.9 cm³/mol. The van der Waals surface area contributed by atoms with Crippen molar-refractivity contribution in [2.45, 2.75) is 13.0 Å². The molecule has 106 valence electrons. The van der Waals surface area contributed by atoms with Gasteiger partial charge in [0.1, 0.15) is 5.82 Å². The average Bonchev–Trinajstić information content (AvgIpc) is 2.38. The second kappa shape index (κ2) is 6.29. The van der Waals surface area contributed by atoms with Crippen LogP contribution in [-0.2, 0) is 0 Å². The first kappa shape index (κ1) is 14.9. The predicted octanol–water partition coefficient (Wildman–Crippen LogP) is 4.02. The van der Waals surface area contributed by atoms with E-state index >= 15 is 0 Å². The molecule has 0 bridgehead atoms. The topological polar surface area (TPSA) is 41.1 Å². The van der Waals surface area contributed by atoms with Crippen LogP contribution in [0.3, 0.4) is 0 Å². The van der Waals surface area contributed by atoms with Crippen LogP contribution >= 0.6 is 23.2 Å². The highest BCUT2D eigenvalue weighted by atomic mass is 35.5. The number of hydrogen-bond donors (Lipinski definition) is 1. The van der Waals surface area contributed by atoms with Gasteiger partial charge in [0.25, 0.3) is 0 Å². The zero-order chi connectivity index (χ0) is 14.7. The molecular formula is C14H16Cl2N4. The van der Waals surface area contributed by atoms with Gasteiger partial charge in [-0.3, -0.25) is 0 Å². The van der Waals surface area contributed by atoms with Gasteiger partial charge < -0.3 is 10.2 Å². The van der Waals surface area contributed by atoms with Crippen molar-refractivity contribution in [3.63, 3.8) is 0 Å². The molecule has 6 heteroatoms. The van der Waals surface area contributed by atoms with Gasteiger partial charge in [-0.25, -0.2) is 4.98 Å². The minimum absolute atomic E-state index is 0.0182. The molecule has 2 aromatic rings. The highest BCUT2D eigenvalue weighted by molar-refractivity contribution is 6.35. The molecule has 4 nitrogen and oxygen atoms in total. The summed E-state index contributed by atoms with van der Waals surface area (Å²) in [5.41, 5.74) is 0.973. The Balaban J connectivity index is 2.19. The first-order chi connectivity index (χ1) is 9.47. The number of nitrogens with one attached hydrogen (secondary N) is 1. The number of anilines is 2. The summed E-state index contributed by atoms with van der Waals surface area (Å²) in [5, 5.41) is 4.57. The molecule has 2 rings (SSSR count). The van der Waals surface area contributed by atoms with Crippen LogP contribution < -0.4 is 10.2 Å². The van der Waals surface area contributed by atoms with Gasteiger partial charge in [0.2, 0.25) is 5.95 Å². The molecule has 1 N–H and O–H groups in total. The maximum atomic E-state index is 6.21. The molecule has 0 aliphatic heterocycles. The van der Waals surface area contributed by atoms with Crippen molar-refractivity contribution >= 4 is 35.0 Å². The lowest BCUT2D eigenvalue weighted by Gasteiger charge is -2.18. The molecular weight excluding hydrogens is 295 g/mol. The van der Waals surface area contributed by atoms with Crippen LogP contribution in [0, 0.1) is 0 Å². The molecule has 0 saturated carbocycles. The lowest BCUT2D eigenvalue weighted by Crippen LogP contribution is -2.14. The summed E-state index contributed by atoms with van der Waals surface area (Å²) < 4.78 is 0. The Morgan fingerprint density at radius 2 is 1.95 bits per heavy atom. The van der Waals surface area contributed by atoms with Crippen LogP contribution in [0.15, 0.2) is 30.5 Å². The molecule has 1 heterocycles. The van der Waals surface area contributed by atoms with E-state index in [-0.39, 0.29) is 6.04 Å². The lowest BCUT2D eigenvalue weighted by molar-refractivity contribution is 0.868. The Hall–Kier alpha value is -1.52. The van der Waals surface area contributed by atoms with E-state index in [4.69, 9.17) is 23.2 Å². The summed E-state index contributed by atoms with van der Waals surface area (Å²) in [6.45, 7) is 2.02. The lowest BCUT2D eigenvalue weighted by atomic mass is 10.1. The molecule has 0 radical (unpaired) electrons. The number of nitrogens with zero attached hydrogens (tertiary/aromatic N) is 3. The number of hydrogen-bond acceptors (Lipinski definition) is 4. The van der Waals surface area contributed by atoms with Gasteiger partial charge in [0.15, 0.2) is 0 Å². The Bertz CT molecular complexity index is 601. The quantitative estimate of drug-likeness (QED) is 0.926. The molecule has 20 heavy (non-hydrogen) atoms. The fourth-order valence-electron chi connectivity index (χ4n) is 1.80. The Labute approximate surface area is 128 Å². The monoisotopic (exact) mass is 310 g/mol. The van der Waals surface area contributed by atoms with Gasteiger partial charge in [-0.2, -0.15) is 4.98 Å². The van der Waals surface area contributed by atoms with Gasteiger partial charge in [0, 0.05) is 30.3 Å². The highest BCUT2D eigenvalue weighted by Gasteiger charge is 2.11. The van der Waals surface area contributed by atoms with Gasteiger partial charge in [-0.15, -0.1) is 0 Å². The summed E-state index contributed by atoms with van der Waals surface area (Å²) >= 11 is 12.1. The number of halogens is 2. The minimum atomic E-state index is 0.0182. The normalized spacial score (nSPS) is 12.1. The Kier molecular flexibility index (Phi) is 4.68. The van der Waals surface area contributed by atoms with Gasteiger partial charge >= 0.3 is 0 Å². The van der Waals surface area contributed by atoms with Crippen LogP contribution in [0.1, 0.15) is 18.5 Å². The van der Waals surface area contributed by atoms with Crippen molar-refractivity contribution in [3.05, 3.63) is 46.1 Å². The third kappa shape index (κ3) is 3.52. The number of rotatable bonds is 4. The van der Waals surface area contributed by atoms with E-state index in [0.717, 1.165) is 11.4 Å². The van der Waals surface area contributed by atoms with Crippen LogP contribution in [0.5, 0.6) is 0 Å². The second-order valence-electron chi connectivity index (χ2n) is 4.67. The fourth-order valence-corrected chi connectivity index (χ4v) is 2.37. The number of benzene rings is 1. The van der Waals surface area contributed by atoms with E-state index in [2.05, 4.69) is 15.3 Å². The molecule has 1 aromatic heterocycles. The van der Waals surface area contributed by atoms with Crippen LogP contribution in [-0.4, -0.2) is 24.1 Å². The third-order valence-electron chi connectivity index (χ3n) is 2.84.